The fourth-order valence-electron chi connectivity index (χ4n) is 3.37. The Hall–Kier alpha value is -2.00. The highest BCUT2D eigenvalue weighted by atomic mass is 35.5. The first kappa shape index (κ1) is 20.3. The Morgan fingerprint density at radius 2 is 2.03 bits per heavy atom. The standard InChI is InChI=1S/C20H17ClN2O3S3/c1-2-26-19(25)14-10-7-5-9-12(10)29-18(14)23-20(27)22-17(24)16-15(21)11-6-3-4-8-13(11)28-16/h3-4,6,8H,2,5,7,9H2,1H3,(H2,22,23,24,27). The van der Waals surface area contributed by atoms with Crippen molar-refractivity contribution in [1.29, 1.82) is 0 Å². The van der Waals surface area contributed by atoms with Crippen LogP contribution in [0.3, 0.4) is 0 Å². The number of fused-ring (bicyclic) bond motifs is 2. The Bertz CT molecular complexity index is 1140. The summed E-state index contributed by atoms with van der Waals surface area (Å²) in [4.78, 5) is 26.7. The zero-order valence-electron chi connectivity index (χ0n) is 15.5. The largest absolute Gasteiger partial charge is 0.462 e. The van der Waals surface area contributed by atoms with Gasteiger partial charge in [-0.3, -0.25) is 10.1 Å². The summed E-state index contributed by atoms with van der Waals surface area (Å²) in [5.41, 5.74) is 1.55. The average Bonchev–Trinajstić information content (AvgIpc) is 3.35. The Labute approximate surface area is 186 Å². The summed E-state index contributed by atoms with van der Waals surface area (Å²) in [5.74, 6) is -0.744. The third-order valence-corrected chi connectivity index (χ3v) is 7.68. The summed E-state index contributed by atoms with van der Waals surface area (Å²) in [6, 6.07) is 7.57. The highest BCUT2D eigenvalue weighted by Crippen LogP contribution is 2.39. The molecule has 1 amide bonds. The number of carbonyl (C=O) groups excluding carboxylic acids is 2. The van der Waals surface area contributed by atoms with Gasteiger partial charge in [0.05, 0.1) is 17.2 Å². The van der Waals surface area contributed by atoms with Crippen molar-refractivity contribution in [1.82, 2.24) is 5.32 Å². The summed E-state index contributed by atoms with van der Waals surface area (Å²) in [5, 5.41) is 7.66. The van der Waals surface area contributed by atoms with Crippen molar-refractivity contribution in [2.75, 3.05) is 11.9 Å². The first-order chi connectivity index (χ1) is 14.0. The predicted molar refractivity (Wildman–Crippen MR) is 123 cm³/mol. The highest BCUT2D eigenvalue weighted by molar-refractivity contribution is 7.80. The van der Waals surface area contributed by atoms with Gasteiger partial charge in [-0.25, -0.2) is 4.79 Å². The van der Waals surface area contributed by atoms with Gasteiger partial charge in [-0.1, -0.05) is 29.8 Å². The van der Waals surface area contributed by atoms with Crippen molar-refractivity contribution in [2.45, 2.75) is 26.2 Å². The van der Waals surface area contributed by atoms with E-state index in [4.69, 9.17) is 28.6 Å². The third kappa shape index (κ3) is 3.90. The number of anilines is 1. The summed E-state index contributed by atoms with van der Waals surface area (Å²) in [7, 11) is 0. The van der Waals surface area contributed by atoms with Crippen LogP contribution in [0.2, 0.25) is 5.02 Å². The molecule has 0 atom stereocenters. The van der Waals surface area contributed by atoms with Gasteiger partial charge in [0.15, 0.2) is 5.11 Å². The lowest BCUT2D eigenvalue weighted by molar-refractivity contribution is 0.0527. The van der Waals surface area contributed by atoms with E-state index in [9.17, 15) is 9.59 Å². The zero-order valence-corrected chi connectivity index (χ0v) is 18.7. The number of carbonyl (C=O) groups is 2. The zero-order chi connectivity index (χ0) is 20.5. The number of aryl methyl sites for hydroxylation is 1. The maximum Gasteiger partial charge on any atom is 0.341 e. The molecule has 1 aliphatic rings. The van der Waals surface area contributed by atoms with Crippen LogP contribution < -0.4 is 10.6 Å². The Balaban J connectivity index is 1.53. The maximum absolute atomic E-state index is 12.7. The number of esters is 1. The second kappa shape index (κ2) is 8.39. The minimum absolute atomic E-state index is 0.119. The van der Waals surface area contributed by atoms with Gasteiger partial charge in [0, 0.05) is 15.0 Å². The van der Waals surface area contributed by atoms with E-state index in [1.54, 1.807) is 6.92 Å². The van der Waals surface area contributed by atoms with Gasteiger partial charge < -0.3 is 10.1 Å². The second-order valence-corrected chi connectivity index (χ2v) is 9.38. The molecule has 1 aromatic carbocycles. The number of hydrogen-bond donors (Lipinski definition) is 2. The monoisotopic (exact) mass is 464 g/mol. The van der Waals surface area contributed by atoms with Crippen LogP contribution in [0.15, 0.2) is 24.3 Å². The minimum atomic E-state index is -0.379. The van der Waals surface area contributed by atoms with E-state index in [2.05, 4.69) is 10.6 Å². The minimum Gasteiger partial charge on any atom is -0.462 e. The number of benzene rings is 1. The Kier molecular flexibility index (Phi) is 5.87. The van der Waals surface area contributed by atoms with Crippen LogP contribution in [-0.2, 0) is 17.6 Å². The van der Waals surface area contributed by atoms with Crippen molar-refractivity contribution in [3.63, 3.8) is 0 Å². The van der Waals surface area contributed by atoms with Crippen LogP contribution in [0.5, 0.6) is 0 Å². The predicted octanol–water partition coefficient (Wildman–Crippen LogP) is 5.41. The molecule has 0 radical (unpaired) electrons. The topological polar surface area (TPSA) is 67.4 Å². The second-order valence-electron chi connectivity index (χ2n) is 6.43. The van der Waals surface area contributed by atoms with Crippen LogP contribution in [0.25, 0.3) is 10.1 Å². The molecule has 0 fully saturated rings. The van der Waals surface area contributed by atoms with Gasteiger partial charge in [0.1, 0.15) is 9.88 Å². The number of nitrogens with one attached hydrogen (secondary N) is 2. The van der Waals surface area contributed by atoms with Crippen LogP contribution in [0.4, 0.5) is 5.00 Å². The fourth-order valence-corrected chi connectivity index (χ4v) is 6.32. The summed E-state index contributed by atoms with van der Waals surface area (Å²) < 4.78 is 6.15. The van der Waals surface area contributed by atoms with Gasteiger partial charge in [0.2, 0.25) is 0 Å². The molecule has 2 N–H and O–H groups in total. The van der Waals surface area contributed by atoms with Gasteiger partial charge >= 0.3 is 5.97 Å². The molecule has 5 nitrogen and oxygen atoms in total. The molecule has 2 heterocycles. The maximum atomic E-state index is 12.7. The highest BCUT2D eigenvalue weighted by Gasteiger charge is 2.28. The number of hydrogen-bond acceptors (Lipinski definition) is 6. The van der Waals surface area contributed by atoms with Crippen LogP contribution in [0, 0.1) is 0 Å². The van der Waals surface area contributed by atoms with Gasteiger partial charge in [-0.15, -0.1) is 22.7 Å². The lowest BCUT2D eigenvalue weighted by Crippen LogP contribution is -2.34. The molecule has 2 aromatic heterocycles. The molecular formula is C20H17ClN2O3S3. The van der Waals surface area contributed by atoms with Crippen molar-refractivity contribution < 1.29 is 14.3 Å². The summed E-state index contributed by atoms with van der Waals surface area (Å²) >= 11 is 14.5. The van der Waals surface area contributed by atoms with Gasteiger partial charge in [-0.2, -0.15) is 0 Å². The first-order valence-corrected chi connectivity index (χ1v) is 11.5. The van der Waals surface area contributed by atoms with E-state index >= 15 is 0 Å². The summed E-state index contributed by atoms with van der Waals surface area (Å²) in [6.45, 7) is 2.08. The van der Waals surface area contributed by atoms with Crippen molar-refractivity contribution in [3.8, 4) is 0 Å². The van der Waals surface area contributed by atoms with Crippen LogP contribution >= 0.6 is 46.5 Å². The smallest absolute Gasteiger partial charge is 0.341 e. The molecule has 0 bridgehead atoms. The lowest BCUT2D eigenvalue weighted by Gasteiger charge is -2.10. The van der Waals surface area contributed by atoms with Crippen LogP contribution in [0.1, 0.15) is 43.8 Å². The molecule has 0 unspecified atom stereocenters. The molecule has 4 rings (SSSR count). The van der Waals surface area contributed by atoms with Gasteiger partial charge in [0.25, 0.3) is 5.91 Å². The fraction of sp³-hybridized carbons (Fsp3) is 0.250. The lowest BCUT2D eigenvalue weighted by atomic mass is 10.1. The van der Waals surface area contributed by atoms with Crippen LogP contribution in [-0.4, -0.2) is 23.6 Å². The third-order valence-electron chi connectivity index (χ3n) is 4.60. The Morgan fingerprint density at radius 3 is 2.79 bits per heavy atom. The number of rotatable bonds is 4. The molecule has 1 aliphatic carbocycles. The van der Waals surface area contributed by atoms with E-state index in [0.29, 0.717) is 27.1 Å². The summed E-state index contributed by atoms with van der Waals surface area (Å²) in [6.07, 6.45) is 2.81. The van der Waals surface area contributed by atoms with E-state index in [1.807, 2.05) is 24.3 Å². The molecule has 0 aliphatic heterocycles. The molecule has 0 saturated heterocycles. The van der Waals surface area contributed by atoms with E-state index in [0.717, 1.165) is 39.8 Å². The molecule has 9 heteroatoms. The number of ether oxygens (including phenoxy) is 1. The van der Waals surface area contributed by atoms with E-state index in [1.165, 1.54) is 22.7 Å². The molecule has 29 heavy (non-hydrogen) atoms. The van der Waals surface area contributed by atoms with Gasteiger partial charge in [-0.05, 0) is 50.0 Å². The Morgan fingerprint density at radius 1 is 1.24 bits per heavy atom. The van der Waals surface area contributed by atoms with Crippen molar-refractivity contribution in [2.24, 2.45) is 0 Å². The normalized spacial score (nSPS) is 12.6. The number of thiocarbonyl (C=S) groups is 1. The quantitative estimate of drug-likeness (QED) is 0.399. The van der Waals surface area contributed by atoms with Crippen molar-refractivity contribution >= 4 is 78.6 Å². The van der Waals surface area contributed by atoms with E-state index < -0.39 is 0 Å². The molecule has 0 saturated carbocycles. The molecule has 150 valence electrons. The first-order valence-electron chi connectivity index (χ1n) is 9.10. The van der Waals surface area contributed by atoms with E-state index in [-0.39, 0.29) is 17.0 Å². The molecular weight excluding hydrogens is 448 g/mol. The number of thiophene rings is 2. The van der Waals surface area contributed by atoms with Crippen molar-refractivity contribution in [3.05, 3.63) is 50.2 Å². The number of halogens is 1. The molecule has 0 spiro atoms. The molecule has 3 aromatic rings. The number of amides is 1. The average molecular weight is 465 g/mol. The SMILES string of the molecule is CCOC(=O)c1c(NC(=S)NC(=O)c2sc3ccccc3c2Cl)sc2c1CCC2.